The maximum Gasteiger partial charge on any atom is 0.387 e. The third-order valence-corrected chi connectivity index (χ3v) is 5.91. The Kier molecular flexibility index (Phi) is 5.72. The van der Waals surface area contributed by atoms with Gasteiger partial charge in [-0.1, -0.05) is 24.4 Å². The average Bonchev–Trinajstić information content (AvgIpc) is 3.05. The lowest BCUT2D eigenvalue weighted by molar-refractivity contribution is -0.128. The van der Waals surface area contributed by atoms with Crippen molar-refractivity contribution in [1.82, 2.24) is 15.1 Å². The van der Waals surface area contributed by atoms with Crippen molar-refractivity contribution in [3.63, 3.8) is 0 Å². The molecule has 31 heavy (non-hydrogen) atoms. The number of nitrogens with one attached hydrogen (secondary N) is 1. The SMILES string of the molecule is CC(C)n1nc(-c2cccc(OC(F)F)c2)c2c1CC(C(=O)NC1(C)CC(=S)C1)CO2. The number of alkyl halides is 2. The Labute approximate surface area is 184 Å². The number of benzene rings is 1. The normalized spacial score (nSPS) is 19.6. The molecule has 9 heteroatoms. The first-order valence-corrected chi connectivity index (χ1v) is 10.7. The van der Waals surface area contributed by atoms with Gasteiger partial charge in [0.2, 0.25) is 5.91 Å². The summed E-state index contributed by atoms with van der Waals surface area (Å²) in [5.41, 5.74) is 1.72. The number of rotatable bonds is 6. The number of carbonyl (C=O) groups excluding carboxylic acids is 1. The average molecular weight is 450 g/mol. The van der Waals surface area contributed by atoms with Gasteiger partial charge in [0.05, 0.1) is 11.6 Å². The highest BCUT2D eigenvalue weighted by molar-refractivity contribution is 7.80. The van der Waals surface area contributed by atoms with Gasteiger partial charge >= 0.3 is 6.61 Å². The number of halogens is 2. The van der Waals surface area contributed by atoms with Crippen LogP contribution >= 0.6 is 12.2 Å². The van der Waals surface area contributed by atoms with Crippen molar-refractivity contribution < 1.29 is 23.0 Å². The van der Waals surface area contributed by atoms with Crippen LogP contribution in [0.5, 0.6) is 11.5 Å². The highest BCUT2D eigenvalue weighted by atomic mass is 32.1. The molecule has 0 saturated heterocycles. The van der Waals surface area contributed by atoms with E-state index in [0.29, 0.717) is 23.4 Å². The van der Waals surface area contributed by atoms with Crippen LogP contribution in [0.25, 0.3) is 11.3 Å². The maximum absolute atomic E-state index is 12.9. The minimum absolute atomic E-state index is 0.0370. The van der Waals surface area contributed by atoms with Crippen molar-refractivity contribution in [2.75, 3.05) is 6.61 Å². The minimum Gasteiger partial charge on any atom is -0.488 e. The van der Waals surface area contributed by atoms with E-state index in [1.54, 1.807) is 12.1 Å². The van der Waals surface area contributed by atoms with E-state index < -0.39 is 6.61 Å². The van der Waals surface area contributed by atoms with Crippen LogP contribution in [-0.4, -0.2) is 39.3 Å². The Bertz CT molecular complexity index is 1010. The lowest BCUT2D eigenvalue weighted by Gasteiger charge is -2.41. The summed E-state index contributed by atoms with van der Waals surface area (Å²) in [5, 5.41) is 7.80. The maximum atomic E-state index is 12.9. The number of fused-ring (bicyclic) bond motifs is 1. The number of ether oxygens (including phenoxy) is 2. The molecule has 0 bridgehead atoms. The van der Waals surface area contributed by atoms with Gasteiger partial charge < -0.3 is 14.8 Å². The molecular formula is C22H25F2N3O3S. The molecule has 4 rings (SSSR count). The molecule has 1 aliphatic carbocycles. The van der Waals surface area contributed by atoms with E-state index in [4.69, 9.17) is 17.0 Å². The molecule has 1 amide bonds. The van der Waals surface area contributed by atoms with Gasteiger partial charge in [-0.25, -0.2) is 0 Å². The topological polar surface area (TPSA) is 65.4 Å². The first-order valence-electron chi connectivity index (χ1n) is 10.3. The fourth-order valence-electron chi connectivity index (χ4n) is 4.18. The second-order valence-corrected chi connectivity index (χ2v) is 9.30. The van der Waals surface area contributed by atoms with Crippen molar-refractivity contribution in [2.45, 2.75) is 58.2 Å². The molecule has 1 N–H and O–H groups in total. The Morgan fingerprint density at radius 3 is 2.77 bits per heavy atom. The van der Waals surface area contributed by atoms with E-state index in [0.717, 1.165) is 23.4 Å². The molecule has 1 saturated carbocycles. The standard InChI is InChI=1S/C22H25F2N3O3S/c1-12(2)27-17-8-14(20(28)25-22(3)9-16(31)10-22)11-29-19(17)18(26-27)13-5-4-6-15(7-13)30-21(23)24/h4-7,12,14,21H,8-11H2,1-3H3,(H,25,28). The van der Waals surface area contributed by atoms with E-state index in [2.05, 4.69) is 15.2 Å². The highest BCUT2D eigenvalue weighted by Gasteiger charge is 2.40. The fraction of sp³-hybridized carbons (Fsp3) is 0.500. The quantitative estimate of drug-likeness (QED) is 0.666. The van der Waals surface area contributed by atoms with E-state index in [1.807, 2.05) is 25.5 Å². The van der Waals surface area contributed by atoms with Gasteiger partial charge in [0.15, 0.2) is 5.75 Å². The number of aromatic nitrogens is 2. The zero-order valence-electron chi connectivity index (χ0n) is 17.7. The Morgan fingerprint density at radius 1 is 1.39 bits per heavy atom. The number of carbonyl (C=O) groups is 1. The Morgan fingerprint density at radius 2 is 2.13 bits per heavy atom. The summed E-state index contributed by atoms with van der Waals surface area (Å²) in [4.78, 5) is 13.9. The number of nitrogens with zero attached hydrogens (tertiary/aromatic N) is 2. The number of hydrogen-bond donors (Lipinski definition) is 1. The van der Waals surface area contributed by atoms with Crippen LogP contribution in [0.2, 0.25) is 0 Å². The second kappa shape index (κ2) is 8.18. The van der Waals surface area contributed by atoms with Gasteiger partial charge in [-0.05, 0) is 37.8 Å². The summed E-state index contributed by atoms with van der Waals surface area (Å²) in [5.74, 6) is 0.248. The van der Waals surface area contributed by atoms with Crippen LogP contribution in [0.4, 0.5) is 8.78 Å². The zero-order valence-corrected chi connectivity index (χ0v) is 18.5. The van der Waals surface area contributed by atoms with Crippen LogP contribution in [-0.2, 0) is 11.2 Å². The van der Waals surface area contributed by atoms with Crippen LogP contribution in [0.3, 0.4) is 0 Å². The minimum atomic E-state index is -2.90. The first-order chi connectivity index (χ1) is 14.6. The molecule has 166 valence electrons. The first kappa shape index (κ1) is 21.7. The number of hydrogen-bond acceptors (Lipinski definition) is 5. The zero-order chi connectivity index (χ0) is 22.3. The molecule has 0 spiro atoms. The van der Waals surface area contributed by atoms with Crippen molar-refractivity contribution in [3.8, 4) is 22.8 Å². The molecule has 2 aliphatic rings. The predicted molar refractivity (Wildman–Crippen MR) is 116 cm³/mol. The van der Waals surface area contributed by atoms with Gasteiger partial charge in [0.1, 0.15) is 18.1 Å². The molecule has 1 fully saturated rings. The molecule has 2 heterocycles. The van der Waals surface area contributed by atoms with Crippen LogP contribution < -0.4 is 14.8 Å². The van der Waals surface area contributed by atoms with Crippen LogP contribution in [0.15, 0.2) is 24.3 Å². The third-order valence-electron chi connectivity index (χ3n) is 5.62. The molecular weight excluding hydrogens is 424 g/mol. The summed E-state index contributed by atoms with van der Waals surface area (Å²) in [6.45, 7) is 3.31. The summed E-state index contributed by atoms with van der Waals surface area (Å²) in [6.07, 6.45) is 1.93. The summed E-state index contributed by atoms with van der Waals surface area (Å²) >= 11 is 5.18. The van der Waals surface area contributed by atoms with Gasteiger partial charge in [0.25, 0.3) is 0 Å². The summed E-state index contributed by atoms with van der Waals surface area (Å²) in [6, 6.07) is 6.43. The van der Waals surface area contributed by atoms with Gasteiger partial charge in [-0.3, -0.25) is 9.48 Å². The largest absolute Gasteiger partial charge is 0.488 e. The van der Waals surface area contributed by atoms with E-state index in [9.17, 15) is 13.6 Å². The lowest BCUT2D eigenvalue weighted by atomic mass is 9.78. The van der Waals surface area contributed by atoms with Gasteiger partial charge in [0, 0.05) is 36.4 Å². The number of thiocarbonyl (C=S) groups is 1. The summed E-state index contributed by atoms with van der Waals surface area (Å²) < 4.78 is 37.6. The lowest BCUT2D eigenvalue weighted by Crippen LogP contribution is -2.57. The third kappa shape index (κ3) is 4.42. The molecule has 1 atom stereocenters. The van der Waals surface area contributed by atoms with Crippen molar-refractivity contribution in [2.24, 2.45) is 5.92 Å². The van der Waals surface area contributed by atoms with E-state index >= 15 is 0 Å². The molecule has 6 nitrogen and oxygen atoms in total. The smallest absolute Gasteiger partial charge is 0.387 e. The molecule has 2 aromatic rings. The Balaban J connectivity index is 1.60. The van der Waals surface area contributed by atoms with Crippen molar-refractivity contribution in [1.29, 1.82) is 0 Å². The molecule has 1 aromatic carbocycles. The fourth-order valence-corrected chi connectivity index (χ4v) is 4.82. The van der Waals surface area contributed by atoms with Crippen LogP contribution in [0, 0.1) is 5.92 Å². The highest BCUT2D eigenvalue weighted by Crippen LogP contribution is 2.40. The monoisotopic (exact) mass is 449 g/mol. The molecule has 1 unspecified atom stereocenters. The van der Waals surface area contributed by atoms with Crippen molar-refractivity contribution in [3.05, 3.63) is 30.0 Å². The van der Waals surface area contributed by atoms with E-state index in [1.165, 1.54) is 12.1 Å². The summed E-state index contributed by atoms with van der Waals surface area (Å²) in [7, 11) is 0. The van der Waals surface area contributed by atoms with Crippen molar-refractivity contribution >= 4 is 23.0 Å². The van der Waals surface area contributed by atoms with E-state index in [-0.39, 0.29) is 35.8 Å². The Hall–Kier alpha value is -2.55. The van der Waals surface area contributed by atoms with Gasteiger partial charge in [-0.15, -0.1) is 0 Å². The predicted octanol–water partition coefficient (Wildman–Crippen LogP) is 4.32. The molecule has 0 radical (unpaired) electrons. The molecule has 1 aromatic heterocycles. The molecule has 1 aliphatic heterocycles. The van der Waals surface area contributed by atoms with Crippen LogP contribution in [0.1, 0.15) is 45.3 Å². The number of amides is 1. The second-order valence-electron chi connectivity index (χ2n) is 8.72. The van der Waals surface area contributed by atoms with Gasteiger partial charge in [-0.2, -0.15) is 13.9 Å².